The number of hydrogen-bond acceptors (Lipinski definition) is 6. The van der Waals surface area contributed by atoms with Crippen molar-refractivity contribution >= 4 is 28.4 Å². The number of hydrazone groups is 1. The largest absolute Gasteiger partial charge is 0.396 e. The Morgan fingerprint density at radius 3 is 2.57 bits per heavy atom. The molecule has 3 aromatic rings. The van der Waals surface area contributed by atoms with Gasteiger partial charge in [0.2, 0.25) is 5.13 Å². The summed E-state index contributed by atoms with van der Waals surface area (Å²) in [5.74, 6) is 0.460. The van der Waals surface area contributed by atoms with Crippen LogP contribution in [0.25, 0.3) is 11.3 Å². The van der Waals surface area contributed by atoms with Gasteiger partial charge in [0, 0.05) is 36.3 Å². The van der Waals surface area contributed by atoms with Gasteiger partial charge < -0.3 is 10.0 Å². The van der Waals surface area contributed by atoms with E-state index >= 15 is 0 Å². The van der Waals surface area contributed by atoms with Gasteiger partial charge in [0.25, 0.3) is 0 Å². The van der Waals surface area contributed by atoms with Gasteiger partial charge in [-0.05, 0) is 36.5 Å². The molecule has 0 spiro atoms. The Morgan fingerprint density at radius 1 is 1.11 bits per heavy atom. The zero-order valence-electron chi connectivity index (χ0n) is 15.7. The molecule has 2 aromatic carbocycles. The third-order valence-electron chi connectivity index (χ3n) is 5.08. The van der Waals surface area contributed by atoms with Crippen molar-refractivity contribution in [3.63, 3.8) is 0 Å². The van der Waals surface area contributed by atoms with Crippen LogP contribution >= 0.6 is 11.3 Å². The number of aromatic nitrogens is 1. The van der Waals surface area contributed by atoms with E-state index in [0.717, 1.165) is 47.9 Å². The Morgan fingerprint density at radius 2 is 1.86 bits per heavy atom. The summed E-state index contributed by atoms with van der Waals surface area (Å²) < 4.78 is 0. The lowest BCUT2D eigenvalue weighted by Crippen LogP contribution is -2.34. The first kappa shape index (κ1) is 18.7. The lowest BCUT2D eigenvalue weighted by atomic mass is 9.97. The normalized spacial score (nSPS) is 15.2. The fourth-order valence-electron chi connectivity index (χ4n) is 3.37. The number of nitrogens with one attached hydrogen (secondary N) is 1. The summed E-state index contributed by atoms with van der Waals surface area (Å²) >= 11 is 1.54. The highest BCUT2D eigenvalue weighted by Gasteiger charge is 2.18. The second kappa shape index (κ2) is 8.99. The Hall–Kier alpha value is -2.70. The molecule has 0 radical (unpaired) electrons. The van der Waals surface area contributed by atoms with Gasteiger partial charge in [-0.15, -0.1) is 11.3 Å². The number of benzene rings is 2. The van der Waals surface area contributed by atoms with Crippen molar-refractivity contribution in [3.8, 4) is 11.3 Å². The molecular formula is C22H24N4OS. The third-order valence-corrected chi connectivity index (χ3v) is 5.83. The highest BCUT2D eigenvalue weighted by molar-refractivity contribution is 7.14. The summed E-state index contributed by atoms with van der Waals surface area (Å²) in [4.78, 5) is 6.95. The fourth-order valence-corrected chi connectivity index (χ4v) is 4.04. The van der Waals surface area contributed by atoms with E-state index in [2.05, 4.69) is 56.8 Å². The smallest absolute Gasteiger partial charge is 0.203 e. The van der Waals surface area contributed by atoms with E-state index in [1.807, 2.05) is 29.8 Å². The quantitative estimate of drug-likeness (QED) is 0.480. The van der Waals surface area contributed by atoms with Crippen molar-refractivity contribution < 1.29 is 5.11 Å². The average Bonchev–Trinajstić information content (AvgIpc) is 3.24. The number of aliphatic hydroxyl groups is 1. The fraction of sp³-hybridized carbons (Fsp3) is 0.273. The van der Waals surface area contributed by atoms with Gasteiger partial charge in [-0.2, -0.15) is 5.10 Å². The average molecular weight is 393 g/mol. The molecule has 0 unspecified atom stereocenters. The molecule has 0 amide bonds. The maximum atomic E-state index is 9.27. The summed E-state index contributed by atoms with van der Waals surface area (Å²) in [7, 11) is 0. The monoisotopic (exact) mass is 392 g/mol. The van der Waals surface area contributed by atoms with Crippen LogP contribution < -0.4 is 10.3 Å². The molecule has 1 aliphatic rings. The third kappa shape index (κ3) is 4.58. The van der Waals surface area contributed by atoms with E-state index < -0.39 is 0 Å². The number of piperidine rings is 1. The Kier molecular flexibility index (Phi) is 5.99. The molecule has 0 atom stereocenters. The first-order valence-electron chi connectivity index (χ1n) is 9.58. The molecule has 1 fully saturated rings. The molecule has 28 heavy (non-hydrogen) atoms. The molecule has 0 aliphatic carbocycles. The first-order valence-corrected chi connectivity index (χ1v) is 10.5. The van der Waals surface area contributed by atoms with Crippen LogP contribution in [0.5, 0.6) is 0 Å². The van der Waals surface area contributed by atoms with E-state index in [1.165, 1.54) is 5.69 Å². The number of anilines is 2. The standard InChI is InChI=1S/C22H24N4OS/c27-15-18-10-12-26(13-11-18)20-8-6-17(7-9-20)14-23-25-22-24-21(16-28-22)19-4-2-1-3-5-19/h1-9,14,16,18,27H,10-13,15H2,(H,24,25). The van der Waals surface area contributed by atoms with E-state index in [9.17, 15) is 5.11 Å². The summed E-state index contributed by atoms with van der Waals surface area (Å²) in [6.45, 7) is 2.32. The van der Waals surface area contributed by atoms with Gasteiger partial charge in [0.05, 0.1) is 11.9 Å². The summed E-state index contributed by atoms with van der Waals surface area (Å²) in [6, 6.07) is 18.6. The molecule has 0 saturated carbocycles. The molecule has 144 valence electrons. The van der Waals surface area contributed by atoms with Gasteiger partial charge >= 0.3 is 0 Å². The van der Waals surface area contributed by atoms with Crippen LogP contribution in [0.1, 0.15) is 18.4 Å². The molecule has 1 aliphatic heterocycles. The van der Waals surface area contributed by atoms with Crippen molar-refractivity contribution in [1.82, 2.24) is 4.98 Å². The van der Waals surface area contributed by atoms with Gasteiger partial charge in [-0.25, -0.2) is 4.98 Å². The lowest BCUT2D eigenvalue weighted by molar-refractivity contribution is 0.203. The zero-order chi connectivity index (χ0) is 19.2. The van der Waals surface area contributed by atoms with Crippen molar-refractivity contribution in [2.75, 3.05) is 30.0 Å². The van der Waals surface area contributed by atoms with Crippen molar-refractivity contribution in [1.29, 1.82) is 0 Å². The molecular weight excluding hydrogens is 368 g/mol. The SMILES string of the molecule is OCC1CCN(c2ccc(C=NNc3nc(-c4ccccc4)cs3)cc2)CC1. The second-order valence-electron chi connectivity index (χ2n) is 6.98. The van der Waals surface area contributed by atoms with Crippen LogP contribution in [0.2, 0.25) is 0 Å². The molecule has 4 rings (SSSR count). The van der Waals surface area contributed by atoms with Crippen LogP contribution in [0.4, 0.5) is 10.8 Å². The second-order valence-corrected chi connectivity index (χ2v) is 7.84. The van der Waals surface area contributed by atoms with Gasteiger partial charge in [0.15, 0.2) is 0 Å². The van der Waals surface area contributed by atoms with Gasteiger partial charge in [0.1, 0.15) is 0 Å². The Bertz CT molecular complexity index is 900. The van der Waals surface area contributed by atoms with E-state index in [4.69, 9.17) is 0 Å². The topological polar surface area (TPSA) is 60.8 Å². The van der Waals surface area contributed by atoms with Crippen molar-refractivity contribution in [2.24, 2.45) is 11.0 Å². The van der Waals surface area contributed by atoms with Crippen LogP contribution in [0.3, 0.4) is 0 Å². The maximum Gasteiger partial charge on any atom is 0.203 e. The lowest BCUT2D eigenvalue weighted by Gasteiger charge is -2.32. The molecule has 6 heteroatoms. The predicted molar refractivity (Wildman–Crippen MR) is 117 cm³/mol. The van der Waals surface area contributed by atoms with Crippen LogP contribution in [-0.2, 0) is 0 Å². The van der Waals surface area contributed by atoms with Gasteiger partial charge in [-0.1, -0.05) is 42.5 Å². The number of hydrogen-bond donors (Lipinski definition) is 2. The molecule has 2 N–H and O–H groups in total. The van der Waals surface area contributed by atoms with Gasteiger partial charge in [-0.3, -0.25) is 5.43 Å². The minimum Gasteiger partial charge on any atom is -0.396 e. The Labute approximate surface area is 169 Å². The molecule has 1 saturated heterocycles. The van der Waals surface area contributed by atoms with Crippen molar-refractivity contribution in [3.05, 3.63) is 65.5 Å². The summed E-state index contributed by atoms with van der Waals surface area (Å²) in [5.41, 5.74) is 7.35. The molecule has 0 bridgehead atoms. The molecule has 5 nitrogen and oxygen atoms in total. The van der Waals surface area contributed by atoms with Crippen molar-refractivity contribution in [2.45, 2.75) is 12.8 Å². The van der Waals surface area contributed by atoms with Crippen LogP contribution in [0.15, 0.2) is 65.1 Å². The number of aliphatic hydroxyl groups excluding tert-OH is 1. The predicted octanol–water partition coefficient (Wildman–Crippen LogP) is 4.46. The Balaban J connectivity index is 1.32. The van der Waals surface area contributed by atoms with E-state index in [0.29, 0.717) is 12.5 Å². The summed E-state index contributed by atoms with van der Waals surface area (Å²) in [5, 5.41) is 16.4. The maximum absolute atomic E-state index is 9.27. The molecule has 1 aromatic heterocycles. The zero-order valence-corrected chi connectivity index (χ0v) is 16.5. The van der Waals surface area contributed by atoms with Crippen LogP contribution in [0, 0.1) is 5.92 Å². The first-order chi connectivity index (χ1) is 13.8. The number of thiazole rings is 1. The highest BCUT2D eigenvalue weighted by atomic mass is 32.1. The molecule has 2 heterocycles. The van der Waals surface area contributed by atoms with E-state index in [-0.39, 0.29) is 0 Å². The number of rotatable bonds is 6. The minimum absolute atomic E-state index is 0.308. The van der Waals surface area contributed by atoms with E-state index in [1.54, 1.807) is 11.3 Å². The minimum atomic E-state index is 0.308. The van der Waals surface area contributed by atoms with Crippen LogP contribution in [-0.4, -0.2) is 36.0 Å². The highest BCUT2D eigenvalue weighted by Crippen LogP contribution is 2.25. The number of nitrogens with zero attached hydrogens (tertiary/aromatic N) is 3. The summed E-state index contributed by atoms with van der Waals surface area (Å²) in [6.07, 6.45) is 3.93.